The van der Waals surface area contributed by atoms with E-state index in [1.165, 1.54) is 11.3 Å². The van der Waals surface area contributed by atoms with Gasteiger partial charge in [-0.1, -0.05) is 36.3 Å². The summed E-state index contributed by atoms with van der Waals surface area (Å²) in [6.07, 6.45) is 4.32. The maximum absolute atomic E-state index is 12.5. The van der Waals surface area contributed by atoms with E-state index >= 15 is 0 Å². The molecule has 0 unspecified atom stereocenters. The van der Waals surface area contributed by atoms with Gasteiger partial charge in [-0.2, -0.15) is 0 Å². The summed E-state index contributed by atoms with van der Waals surface area (Å²) < 4.78 is 0. The van der Waals surface area contributed by atoms with Crippen molar-refractivity contribution in [3.63, 3.8) is 0 Å². The number of amides is 2. The Labute approximate surface area is 155 Å². The molecule has 8 heteroatoms. The lowest BCUT2D eigenvalue weighted by molar-refractivity contribution is -0.117. The zero-order valence-electron chi connectivity index (χ0n) is 13.9. The van der Waals surface area contributed by atoms with Gasteiger partial charge in [0.1, 0.15) is 5.01 Å². The zero-order chi connectivity index (χ0) is 17.8. The second-order valence-electron chi connectivity index (χ2n) is 5.87. The average molecular weight is 379 g/mol. The lowest BCUT2D eigenvalue weighted by Crippen LogP contribution is -2.24. The number of aromatic nitrogens is 2. The van der Waals surface area contributed by atoms with Crippen molar-refractivity contribution >= 4 is 45.6 Å². The number of hydrogen-bond acceptors (Lipinski definition) is 5. The molecule has 0 bridgehead atoms. The number of hydrogen-bond donors (Lipinski definition) is 1. The number of benzene rings is 1. The van der Waals surface area contributed by atoms with Crippen LogP contribution in [0.5, 0.6) is 0 Å². The highest BCUT2D eigenvalue weighted by Gasteiger charge is 2.24. The normalized spacial score (nSPS) is 14.2. The molecule has 1 aliphatic rings. The van der Waals surface area contributed by atoms with Gasteiger partial charge in [-0.05, 0) is 31.0 Å². The summed E-state index contributed by atoms with van der Waals surface area (Å²) in [5, 5.41) is 12.7. The molecule has 2 amide bonds. The van der Waals surface area contributed by atoms with Crippen molar-refractivity contribution in [2.75, 3.05) is 16.8 Å². The Morgan fingerprint density at radius 1 is 1.40 bits per heavy atom. The molecule has 2 aromatic rings. The molecule has 1 aliphatic heterocycles. The van der Waals surface area contributed by atoms with E-state index in [4.69, 9.17) is 11.6 Å². The first-order valence-corrected chi connectivity index (χ1v) is 9.51. The van der Waals surface area contributed by atoms with Crippen molar-refractivity contribution in [2.24, 2.45) is 0 Å². The molecule has 2 heterocycles. The summed E-state index contributed by atoms with van der Waals surface area (Å²) in [5.41, 5.74) is 1.02. The van der Waals surface area contributed by atoms with Gasteiger partial charge in [0.05, 0.1) is 10.7 Å². The van der Waals surface area contributed by atoms with E-state index in [-0.39, 0.29) is 11.8 Å². The minimum absolute atomic E-state index is 0.0316. The summed E-state index contributed by atoms with van der Waals surface area (Å²) in [6, 6.07) is 4.94. The number of carbonyl (C=O) groups excluding carboxylic acids is 2. The van der Waals surface area contributed by atoms with Crippen LogP contribution in [0.25, 0.3) is 0 Å². The quantitative estimate of drug-likeness (QED) is 0.826. The first-order valence-electron chi connectivity index (χ1n) is 8.32. The van der Waals surface area contributed by atoms with Crippen LogP contribution in [0.4, 0.5) is 10.8 Å². The van der Waals surface area contributed by atoms with E-state index < -0.39 is 0 Å². The first-order chi connectivity index (χ1) is 12.1. The SMILES string of the molecule is CCCCc1nnc(NC(=O)c2ccc(Cl)c(N3CCCC3=O)c2)s1. The molecule has 1 aromatic carbocycles. The highest BCUT2D eigenvalue weighted by Crippen LogP contribution is 2.30. The Morgan fingerprint density at radius 3 is 2.96 bits per heavy atom. The van der Waals surface area contributed by atoms with Crippen molar-refractivity contribution in [3.05, 3.63) is 33.8 Å². The second-order valence-corrected chi connectivity index (χ2v) is 7.34. The molecule has 0 saturated carbocycles. The van der Waals surface area contributed by atoms with Gasteiger partial charge in [0.15, 0.2) is 0 Å². The zero-order valence-corrected chi connectivity index (χ0v) is 15.5. The Bertz CT molecular complexity index is 793. The summed E-state index contributed by atoms with van der Waals surface area (Å²) >= 11 is 7.60. The molecule has 0 aliphatic carbocycles. The van der Waals surface area contributed by atoms with Crippen molar-refractivity contribution < 1.29 is 9.59 Å². The summed E-state index contributed by atoms with van der Waals surface area (Å²) in [7, 11) is 0. The van der Waals surface area contributed by atoms with Crippen LogP contribution < -0.4 is 10.2 Å². The molecular formula is C17H19ClN4O2S. The Balaban J connectivity index is 1.74. The van der Waals surface area contributed by atoms with Gasteiger partial charge in [-0.25, -0.2) is 0 Å². The number of unbranched alkanes of at least 4 members (excludes halogenated alkanes) is 1. The van der Waals surface area contributed by atoms with Crippen molar-refractivity contribution in [2.45, 2.75) is 39.0 Å². The molecule has 3 rings (SSSR count). The second kappa shape index (κ2) is 7.93. The molecule has 0 radical (unpaired) electrons. The monoisotopic (exact) mass is 378 g/mol. The Hall–Kier alpha value is -1.99. The van der Waals surface area contributed by atoms with E-state index in [1.54, 1.807) is 23.1 Å². The summed E-state index contributed by atoms with van der Waals surface area (Å²) in [4.78, 5) is 26.0. The number of halogens is 1. The number of rotatable bonds is 6. The van der Waals surface area contributed by atoms with Crippen LogP contribution in [0.15, 0.2) is 18.2 Å². The fraction of sp³-hybridized carbons (Fsp3) is 0.412. The minimum atomic E-state index is -0.289. The van der Waals surface area contributed by atoms with E-state index in [0.29, 0.717) is 34.4 Å². The minimum Gasteiger partial charge on any atom is -0.311 e. The maximum Gasteiger partial charge on any atom is 0.257 e. The molecule has 132 valence electrons. The van der Waals surface area contributed by atoms with E-state index in [1.807, 2.05) is 0 Å². The van der Waals surface area contributed by atoms with Gasteiger partial charge < -0.3 is 4.90 Å². The number of carbonyl (C=O) groups is 2. The third kappa shape index (κ3) is 4.16. The predicted molar refractivity (Wildman–Crippen MR) is 99.5 cm³/mol. The molecule has 0 spiro atoms. The number of nitrogens with one attached hydrogen (secondary N) is 1. The van der Waals surface area contributed by atoms with Gasteiger partial charge in [-0.3, -0.25) is 14.9 Å². The highest BCUT2D eigenvalue weighted by molar-refractivity contribution is 7.15. The largest absolute Gasteiger partial charge is 0.311 e. The van der Waals surface area contributed by atoms with Gasteiger partial charge >= 0.3 is 0 Å². The summed E-state index contributed by atoms with van der Waals surface area (Å²) in [5.74, 6) is -0.257. The molecule has 25 heavy (non-hydrogen) atoms. The topological polar surface area (TPSA) is 75.2 Å². The van der Waals surface area contributed by atoms with Crippen LogP contribution in [-0.4, -0.2) is 28.6 Å². The standard InChI is InChI=1S/C17H19ClN4O2S/c1-2-3-5-14-20-21-17(25-14)19-16(24)11-7-8-12(18)13(10-11)22-9-4-6-15(22)23/h7-8,10H,2-6,9H2,1H3,(H,19,21,24). The van der Waals surface area contributed by atoms with Gasteiger partial charge in [-0.15, -0.1) is 10.2 Å². The lowest BCUT2D eigenvalue weighted by Gasteiger charge is -2.18. The molecule has 1 saturated heterocycles. The molecule has 6 nitrogen and oxygen atoms in total. The maximum atomic E-state index is 12.5. The van der Waals surface area contributed by atoms with Crippen LogP contribution >= 0.6 is 22.9 Å². The summed E-state index contributed by atoms with van der Waals surface area (Å²) in [6.45, 7) is 2.74. The van der Waals surface area contributed by atoms with Crippen LogP contribution in [0.1, 0.15) is 48.0 Å². The molecule has 1 fully saturated rings. The third-order valence-corrected chi connectivity index (χ3v) is 5.22. The van der Waals surface area contributed by atoms with Gasteiger partial charge in [0, 0.05) is 24.9 Å². The number of aryl methyl sites for hydroxylation is 1. The lowest BCUT2D eigenvalue weighted by atomic mass is 10.1. The Morgan fingerprint density at radius 2 is 2.24 bits per heavy atom. The van der Waals surface area contributed by atoms with Crippen LogP contribution in [0, 0.1) is 0 Å². The molecule has 1 N–H and O–H groups in total. The van der Waals surface area contributed by atoms with Crippen LogP contribution in [0.3, 0.4) is 0 Å². The predicted octanol–water partition coefficient (Wildman–Crippen LogP) is 3.91. The Kier molecular flexibility index (Phi) is 5.65. The van der Waals surface area contributed by atoms with Crippen molar-refractivity contribution in [3.8, 4) is 0 Å². The third-order valence-electron chi connectivity index (χ3n) is 4.00. The van der Waals surface area contributed by atoms with Crippen molar-refractivity contribution in [1.82, 2.24) is 10.2 Å². The fourth-order valence-corrected chi connectivity index (χ4v) is 3.66. The van der Waals surface area contributed by atoms with E-state index in [2.05, 4.69) is 22.4 Å². The van der Waals surface area contributed by atoms with Gasteiger partial charge in [0.2, 0.25) is 11.0 Å². The van der Waals surface area contributed by atoms with E-state index in [0.717, 1.165) is 30.7 Å². The fourth-order valence-electron chi connectivity index (χ4n) is 2.67. The number of nitrogens with zero attached hydrogens (tertiary/aromatic N) is 3. The van der Waals surface area contributed by atoms with E-state index in [9.17, 15) is 9.59 Å². The van der Waals surface area contributed by atoms with Crippen LogP contribution in [-0.2, 0) is 11.2 Å². The van der Waals surface area contributed by atoms with Gasteiger partial charge in [0.25, 0.3) is 5.91 Å². The first kappa shape index (κ1) is 17.8. The molecule has 1 aromatic heterocycles. The average Bonchev–Trinajstić information content (AvgIpc) is 3.22. The smallest absolute Gasteiger partial charge is 0.257 e. The van der Waals surface area contributed by atoms with Crippen molar-refractivity contribution in [1.29, 1.82) is 0 Å². The van der Waals surface area contributed by atoms with Crippen LogP contribution in [0.2, 0.25) is 5.02 Å². The number of anilines is 2. The molecular weight excluding hydrogens is 360 g/mol. The molecule has 0 atom stereocenters. The highest BCUT2D eigenvalue weighted by atomic mass is 35.5.